The molecule has 1 saturated heterocycles. The standard InChI is InChI=1S/C13H16N2O8/c16-5-9-11(18)12(19)10(13(20)23-9)14-4-6-3-7(15(21)22)1-2-8(6)17/h1-4,9-13,16-20H,5H2/p-1. The first-order valence-corrected chi connectivity index (χ1v) is 6.64. The highest BCUT2D eigenvalue weighted by molar-refractivity contribution is 5.84. The molecular weight excluding hydrogens is 312 g/mol. The molecule has 23 heavy (non-hydrogen) atoms. The van der Waals surface area contributed by atoms with Crippen molar-refractivity contribution in [3.05, 3.63) is 33.9 Å². The number of hydrogen-bond donors (Lipinski definition) is 4. The van der Waals surface area contributed by atoms with E-state index in [1.54, 1.807) is 0 Å². The third-order valence-corrected chi connectivity index (χ3v) is 3.46. The van der Waals surface area contributed by atoms with E-state index in [9.17, 15) is 30.5 Å². The van der Waals surface area contributed by atoms with Crippen LogP contribution >= 0.6 is 0 Å². The summed E-state index contributed by atoms with van der Waals surface area (Å²) in [6, 6.07) is 1.73. The number of nitro benzene ring substituents is 1. The molecule has 1 aromatic carbocycles. The van der Waals surface area contributed by atoms with Crippen LogP contribution in [0.2, 0.25) is 0 Å². The minimum Gasteiger partial charge on any atom is -0.872 e. The second kappa shape index (κ2) is 6.98. The van der Waals surface area contributed by atoms with Crippen LogP contribution in [0.4, 0.5) is 5.69 Å². The normalized spacial score (nSPS) is 31.4. The molecule has 5 atom stereocenters. The van der Waals surface area contributed by atoms with Gasteiger partial charge in [-0.1, -0.05) is 11.8 Å². The van der Waals surface area contributed by atoms with Gasteiger partial charge in [0.2, 0.25) is 0 Å². The van der Waals surface area contributed by atoms with Crippen molar-refractivity contribution >= 4 is 11.9 Å². The molecule has 1 heterocycles. The molecule has 0 aromatic heterocycles. The van der Waals surface area contributed by atoms with Gasteiger partial charge in [0.05, 0.1) is 11.5 Å². The van der Waals surface area contributed by atoms with Crippen molar-refractivity contribution in [2.45, 2.75) is 30.6 Å². The Morgan fingerprint density at radius 1 is 1.30 bits per heavy atom. The Morgan fingerprint density at radius 2 is 2.00 bits per heavy atom. The number of aliphatic hydroxyl groups is 4. The molecule has 4 N–H and O–H groups in total. The van der Waals surface area contributed by atoms with Crippen LogP contribution in [-0.4, -0.2) is 68.8 Å². The number of ether oxygens (including phenoxy) is 1. The number of aliphatic hydroxyl groups excluding tert-OH is 4. The Bertz CT molecular complexity index is 608. The fraction of sp³-hybridized carbons (Fsp3) is 0.462. The monoisotopic (exact) mass is 327 g/mol. The highest BCUT2D eigenvalue weighted by atomic mass is 16.6. The predicted octanol–water partition coefficient (Wildman–Crippen LogP) is -2.11. The van der Waals surface area contributed by atoms with Gasteiger partial charge in [0, 0.05) is 18.3 Å². The number of nitro groups is 1. The lowest BCUT2D eigenvalue weighted by Gasteiger charge is -2.38. The molecule has 0 bridgehead atoms. The van der Waals surface area contributed by atoms with Crippen LogP contribution in [0.25, 0.3) is 0 Å². The van der Waals surface area contributed by atoms with E-state index in [0.717, 1.165) is 24.4 Å². The summed E-state index contributed by atoms with van der Waals surface area (Å²) in [5.74, 6) is -0.533. The van der Waals surface area contributed by atoms with Crippen molar-refractivity contribution in [1.29, 1.82) is 0 Å². The zero-order valence-electron chi connectivity index (χ0n) is 11.7. The van der Waals surface area contributed by atoms with Crippen LogP contribution < -0.4 is 5.11 Å². The van der Waals surface area contributed by atoms with Crippen LogP contribution in [0, 0.1) is 10.1 Å². The SMILES string of the molecule is O=[N+]([O-])c1ccc([O-])c(C=NC2C(O)OC(CO)C(O)C2O)c1. The molecule has 0 saturated carbocycles. The highest BCUT2D eigenvalue weighted by Gasteiger charge is 2.43. The Kier molecular flexibility index (Phi) is 5.23. The van der Waals surface area contributed by atoms with Crippen molar-refractivity contribution < 1.29 is 35.2 Å². The van der Waals surface area contributed by atoms with E-state index >= 15 is 0 Å². The van der Waals surface area contributed by atoms with Crippen LogP contribution in [0.1, 0.15) is 5.56 Å². The van der Waals surface area contributed by atoms with Gasteiger partial charge in [-0.15, -0.1) is 0 Å². The van der Waals surface area contributed by atoms with Crippen molar-refractivity contribution in [3.63, 3.8) is 0 Å². The molecule has 10 heteroatoms. The van der Waals surface area contributed by atoms with Gasteiger partial charge >= 0.3 is 0 Å². The average Bonchev–Trinajstić information content (AvgIpc) is 2.52. The van der Waals surface area contributed by atoms with E-state index in [1.165, 1.54) is 0 Å². The minimum atomic E-state index is -1.62. The minimum absolute atomic E-state index is 0.114. The fourth-order valence-electron chi connectivity index (χ4n) is 2.16. The Hall–Kier alpha value is -2.11. The maximum absolute atomic E-state index is 11.6. The van der Waals surface area contributed by atoms with Crippen molar-refractivity contribution in [1.82, 2.24) is 0 Å². The van der Waals surface area contributed by atoms with E-state index < -0.39 is 47.9 Å². The maximum Gasteiger partial charge on any atom is 0.270 e. The number of hydrogen-bond acceptors (Lipinski definition) is 9. The summed E-state index contributed by atoms with van der Waals surface area (Å²) in [6.45, 7) is -0.610. The van der Waals surface area contributed by atoms with E-state index in [0.29, 0.717) is 0 Å². The van der Waals surface area contributed by atoms with Gasteiger partial charge in [0.15, 0.2) is 6.29 Å². The molecule has 1 aliphatic heterocycles. The first kappa shape index (κ1) is 17.2. The molecule has 0 spiro atoms. The predicted molar refractivity (Wildman–Crippen MR) is 73.9 cm³/mol. The molecule has 0 amide bonds. The zero-order chi connectivity index (χ0) is 17.1. The molecule has 5 unspecified atom stereocenters. The topological polar surface area (TPSA) is 169 Å². The molecule has 10 nitrogen and oxygen atoms in total. The number of non-ortho nitro benzene ring substituents is 1. The summed E-state index contributed by atoms with van der Waals surface area (Å²) in [5, 5.41) is 60.7. The lowest BCUT2D eigenvalue weighted by Crippen LogP contribution is -2.57. The van der Waals surface area contributed by atoms with Gasteiger partial charge in [-0.25, -0.2) is 0 Å². The summed E-state index contributed by atoms with van der Waals surface area (Å²) >= 11 is 0. The Morgan fingerprint density at radius 3 is 2.61 bits per heavy atom. The molecule has 1 fully saturated rings. The lowest BCUT2D eigenvalue weighted by atomic mass is 9.97. The van der Waals surface area contributed by atoms with Crippen LogP contribution in [0.15, 0.2) is 23.2 Å². The van der Waals surface area contributed by atoms with Gasteiger partial charge in [-0.05, 0) is 5.56 Å². The van der Waals surface area contributed by atoms with Crippen LogP contribution in [0.5, 0.6) is 5.75 Å². The van der Waals surface area contributed by atoms with Crippen molar-refractivity contribution in [2.75, 3.05) is 6.61 Å². The summed E-state index contributed by atoms with van der Waals surface area (Å²) < 4.78 is 4.91. The van der Waals surface area contributed by atoms with Crippen LogP contribution in [0.3, 0.4) is 0 Å². The number of rotatable bonds is 4. The van der Waals surface area contributed by atoms with E-state index in [4.69, 9.17) is 9.84 Å². The Balaban J connectivity index is 2.22. The van der Waals surface area contributed by atoms with Gasteiger partial charge in [-0.2, -0.15) is 0 Å². The summed E-state index contributed by atoms with van der Waals surface area (Å²) in [6.07, 6.45) is -4.85. The molecule has 1 aliphatic rings. The smallest absolute Gasteiger partial charge is 0.270 e. The van der Waals surface area contributed by atoms with Gasteiger partial charge < -0.3 is 30.3 Å². The lowest BCUT2D eigenvalue weighted by molar-refractivity contribution is -0.385. The summed E-state index contributed by atoms with van der Waals surface area (Å²) in [5.41, 5.74) is -0.426. The average molecular weight is 327 g/mol. The third kappa shape index (κ3) is 3.63. The van der Waals surface area contributed by atoms with Crippen molar-refractivity contribution in [2.24, 2.45) is 4.99 Å². The highest BCUT2D eigenvalue weighted by Crippen LogP contribution is 2.23. The molecular formula is C13H15N2O8-. The fourth-order valence-corrected chi connectivity index (χ4v) is 2.16. The van der Waals surface area contributed by atoms with Gasteiger partial charge in [0.1, 0.15) is 24.4 Å². The van der Waals surface area contributed by atoms with Gasteiger partial charge in [0.25, 0.3) is 5.69 Å². The summed E-state index contributed by atoms with van der Waals surface area (Å²) in [7, 11) is 0. The van der Waals surface area contributed by atoms with E-state index in [-0.39, 0.29) is 11.3 Å². The number of benzene rings is 1. The first-order valence-electron chi connectivity index (χ1n) is 6.64. The molecule has 1 aromatic rings. The number of nitrogens with zero attached hydrogens (tertiary/aromatic N) is 2. The van der Waals surface area contributed by atoms with Gasteiger partial charge in [-0.3, -0.25) is 15.1 Å². The largest absolute Gasteiger partial charge is 0.872 e. The summed E-state index contributed by atoms with van der Waals surface area (Å²) in [4.78, 5) is 13.8. The quantitative estimate of drug-likeness (QED) is 0.276. The van der Waals surface area contributed by atoms with Crippen LogP contribution in [-0.2, 0) is 4.74 Å². The van der Waals surface area contributed by atoms with Crippen molar-refractivity contribution in [3.8, 4) is 5.75 Å². The third-order valence-electron chi connectivity index (χ3n) is 3.46. The maximum atomic E-state index is 11.6. The number of aliphatic imine (C=N–C) groups is 1. The van der Waals surface area contributed by atoms with E-state index in [1.807, 2.05) is 0 Å². The first-order chi connectivity index (χ1) is 10.8. The zero-order valence-corrected chi connectivity index (χ0v) is 11.7. The second-order valence-electron chi connectivity index (χ2n) is 4.98. The molecule has 126 valence electrons. The Labute approximate surface area is 130 Å². The van der Waals surface area contributed by atoms with E-state index in [2.05, 4.69) is 4.99 Å². The molecule has 0 radical (unpaired) electrons. The molecule has 0 aliphatic carbocycles. The second-order valence-corrected chi connectivity index (χ2v) is 4.98. The molecule has 2 rings (SSSR count).